The highest BCUT2D eigenvalue weighted by Gasteiger charge is 2.39. The third-order valence-electron chi connectivity index (χ3n) is 5.06. The molecule has 2 aromatic rings. The van der Waals surface area contributed by atoms with E-state index in [1.165, 1.54) is 12.8 Å². The first-order valence-corrected chi connectivity index (χ1v) is 8.61. The van der Waals surface area contributed by atoms with E-state index in [1.807, 2.05) is 25.4 Å². The molecule has 1 aliphatic carbocycles. The highest BCUT2D eigenvalue weighted by Crippen LogP contribution is 2.33. The van der Waals surface area contributed by atoms with Crippen LogP contribution in [-0.2, 0) is 11.3 Å². The van der Waals surface area contributed by atoms with E-state index in [-0.39, 0.29) is 0 Å². The van der Waals surface area contributed by atoms with E-state index in [0.29, 0.717) is 24.3 Å². The Morgan fingerprint density at radius 3 is 2.92 bits per heavy atom. The average Bonchev–Trinajstić information content (AvgIpc) is 3.21. The van der Waals surface area contributed by atoms with Gasteiger partial charge in [0, 0.05) is 49.4 Å². The molecule has 1 aromatic carbocycles. The van der Waals surface area contributed by atoms with E-state index in [1.54, 1.807) is 7.11 Å². The minimum Gasteiger partial charge on any atom is -0.496 e. The van der Waals surface area contributed by atoms with Crippen molar-refractivity contribution in [1.29, 1.82) is 0 Å². The second-order valence-electron chi connectivity index (χ2n) is 6.94. The fourth-order valence-corrected chi connectivity index (χ4v) is 3.62. The molecule has 0 radical (unpaired) electrons. The number of aromatic nitrogens is 2. The maximum atomic E-state index is 12.2. The Labute approximate surface area is 142 Å². The molecule has 1 saturated carbocycles. The van der Waals surface area contributed by atoms with Crippen molar-refractivity contribution in [2.45, 2.75) is 38.8 Å². The summed E-state index contributed by atoms with van der Waals surface area (Å²) in [5.74, 6) is 2.50. The molecule has 0 bridgehead atoms. The summed E-state index contributed by atoms with van der Waals surface area (Å²) in [6.45, 7) is 3.75. The summed E-state index contributed by atoms with van der Waals surface area (Å²) in [6, 6.07) is 6.68. The quantitative estimate of drug-likeness (QED) is 0.849. The number of carbonyl (C=O) groups is 1. The van der Waals surface area contributed by atoms with Crippen molar-refractivity contribution in [1.82, 2.24) is 14.5 Å². The van der Waals surface area contributed by atoms with Crippen molar-refractivity contribution >= 4 is 5.91 Å². The van der Waals surface area contributed by atoms with Crippen LogP contribution in [0.5, 0.6) is 5.75 Å². The number of hydrogen-bond donors (Lipinski definition) is 0. The Hall–Kier alpha value is -2.30. The van der Waals surface area contributed by atoms with Crippen LogP contribution in [0.1, 0.15) is 24.8 Å². The predicted octanol–water partition coefficient (Wildman–Crippen LogP) is 2.88. The number of carbonyl (C=O) groups excluding carboxylic acids is 1. The Morgan fingerprint density at radius 2 is 2.17 bits per heavy atom. The maximum Gasteiger partial charge on any atom is 0.223 e. The van der Waals surface area contributed by atoms with Gasteiger partial charge in [0.2, 0.25) is 5.91 Å². The van der Waals surface area contributed by atoms with Crippen LogP contribution in [0.2, 0.25) is 0 Å². The van der Waals surface area contributed by atoms with E-state index in [9.17, 15) is 4.79 Å². The molecule has 2 fully saturated rings. The van der Waals surface area contributed by atoms with Gasteiger partial charge >= 0.3 is 0 Å². The number of aryl methyl sites for hydroxylation is 1. The van der Waals surface area contributed by atoms with E-state index in [4.69, 9.17) is 4.74 Å². The van der Waals surface area contributed by atoms with Gasteiger partial charge in [0.25, 0.3) is 0 Å². The molecule has 1 unspecified atom stereocenters. The van der Waals surface area contributed by atoms with Gasteiger partial charge < -0.3 is 14.2 Å². The molecule has 1 aromatic heterocycles. The first-order valence-electron chi connectivity index (χ1n) is 8.61. The Morgan fingerprint density at radius 1 is 1.33 bits per heavy atom. The summed E-state index contributed by atoms with van der Waals surface area (Å²) < 4.78 is 7.60. The second kappa shape index (κ2) is 5.96. The molecule has 1 aliphatic heterocycles. The van der Waals surface area contributed by atoms with Crippen molar-refractivity contribution in [3.8, 4) is 17.1 Å². The van der Waals surface area contributed by atoms with Crippen LogP contribution >= 0.6 is 0 Å². The van der Waals surface area contributed by atoms with Gasteiger partial charge in [-0.1, -0.05) is 12.1 Å². The number of amides is 1. The number of ether oxygens (including phenoxy) is 1. The number of imidazole rings is 1. The fourth-order valence-electron chi connectivity index (χ4n) is 3.62. The Balaban J connectivity index is 1.54. The summed E-state index contributed by atoms with van der Waals surface area (Å²) in [6.07, 6.45) is 6.85. The molecule has 5 nitrogen and oxygen atoms in total. The van der Waals surface area contributed by atoms with E-state index >= 15 is 0 Å². The summed E-state index contributed by atoms with van der Waals surface area (Å²) in [7, 11) is 1.69. The van der Waals surface area contributed by atoms with Crippen LogP contribution in [0, 0.1) is 12.8 Å². The first kappa shape index (κ1) is 15.2. The normalized spacial score (nSPS) is 20.7. The fraction of sp³-hybridized carbons (Fsp3) is 0.474. The van der Waals surface area contributed by atoms with E-state index in [2.05, 4.69) is 26.6 Å². The number of likely N-dealkylation sites (tertiary alicyclic amines) is 1. The maximum absolute atomic E-state index is 12.2. The lowest BCUT2D eigenvalue weighted by Crippen LogP contribution is -2.27. The number of nitrogens with zero attached hydrogens (tertiary/aromatic N) is 3. The molecule has 0 N–H and O–H groups in total. The van der Waals surface area contributed by atoms with Gasteiger partial charge in [0.15, 0.2) is 0 Å². The monoisotopic (exact) mass is 325 g/mol. The number of benzene rings is 1. The molecule has 4 rings (SSSR count). The minimum absolute atomic E-state index is 0.321. The second-order valence-corrected chi connectivity index (χ2v) is 6.94. The summed E-state index contributed by atoms with van der Waals surface area (Å²) in [5, 5.41) is 0. The van der Waals surface area contributed by atoms with Crippen molar-refractivity contribution in [2.24, 2.45) is 5.92 Å². The van der Waals surface area contributed by atoms with Gasteiger partial charge in [-0.2, -0.15) is 0 Å². The molecule has 1 amide bonds. The molecular weight excluding hydrogens is 302 g/mol. The van der Waals surface area contributed by atoms with Crippen LogP contribution in [0.25, 0.3) is 11.4 Å². The first-order chi connectivity index (χ1) is 11.7. The van der Waals surface area contributed by atoms with Crippen molar-refractivity contribution in [3.05, 3.63) is 36.2 Å². The topological polar surface area (TPSA) is 47.4 Å². The Bertz CT molecular complexity index is 764. The van der Waals surface area contributed by atoms with Gasteiger partial charge in [-0.05, 0) is 31.4 Å². The summed E-state index contributed by atoms with van der Waals surface area (Å²) in [5.41, 5.74) is 2.16. The standard InChI is InChI=1S/C19H23N3O2/c1-13-3-4-15(10-17(13)24-2)19-20-7-8-21(19)11-14-9-18(23)22(12-14)16-5-6-16/h3-4,7-8,10,14,16H,5-6,9,11-12H2,1-2H3. The zero-order chi connectivity index (χ0) is 16.7. The minimum atomic E-state index is 0.321. The predicted molar refractivity (Wildman–Crippen MR) is 91.8 cm³/mol. The van der Waals surface area contributed by atoms with Gasteiger partial charge in [0.1, 0.15) is 11.6 Å². The molecule has 24 heavy (non-hydrogen) atoms. The largest absolute Gasteiger partial charge is 0.496 e. The average molecular weight is 325 g/mol. The zero-order valence-electron chi connectivity index (χ0n) is 14.2. The molecule has 126 valence electrons. The van der Waals surface area contributed by atoms with Crippen molar-refractivity contribution < 1.29 is 9.53 Å². The highest BCUT2D eigenvalue weighted by atomic mass is 16.5. The highest BCUT2D eigenvalue weighted by molar-refractivity contribution is 5.79. The van der Waals surface area contributed by atoms with E-state index in [0.717, 1.165) is 35.8 Å². The zero-order valence-corrected chi connectivity index (χ0v) is 14.2. The van der Waals surface area contributed by atoms with Crippen molar-refractivity contribution in [3.63, 3.8) is 0 Å². The lowest BCUT2D eigenvalue weighted by atomic mass is 10.1. The lowest BCUT2D eigenvalue weighted by Gasteiger charge is -2.16. The lowest BCUT2D eigenvalue weighted by molar-refractivity contribution is -0.128. The van der Waals surface area contributed by atoms with Crippen LogP contribution in [0.4, 0.5) is 0 Å². The van der Waals surface area contributed by atoms with Gasteiger partial charge in [-0.15, -0.1) is 0 Å². The van der Waals surface area contributed by atoms with E-state index < -0.39 is 0 Å². The van der Waals surface area contributed by atoms with Crippen LogP contribution in [-0.4, -0.2) is 40.1 Å². The van der Waals surface area contributed by atoms with Crippen LogP contribution in [0.3, 0.4) is 0 Å². The van der Waals surface area contributed by atoms with Gasteiger partial charge in [0.05, 0.1) is 7.11 Å². The van der Waals surface area contributed by atoms with Gasteiger partial charge in [-0.3, -0.25) is 4.79 Å². The molecule has 1 saturated heterocycles. The Kier molecular flexibility index (Phi) is 3.79. The molecule has 5 heteroatoms. The van der Waals surface area contributed by atoms with Crippen LogP contribution < -0.4 is 4.74 Å². The summed E-state index contributed by atoms with van der Waals surface area (Å²) >= 11 is 0. The van der Waals surface area contributed by atoms with Crippen LogP contribution in [0.15, 0.2) is 30.6 Å². The van der Waals surface area contributed by atoms with Crippen molar-refractivity contribution in [2.75, 3.05) is 13.7 Å². The molecule has 1 atom stereocenters. The number of methoxy groups -OCH3 is 1. The summed E-state index contributed by atoms with van der Waals surface area (Å²) in [4.78, 5) is 18.8. The third-order valence-corrected chi connectivity index (χ3v) is 5.06. The third kappa shape index (κ3) is 2.79. The number of rotatable bonds is 5. The molecule has 2 heterocycles. The number of hydrogen-bond acceptors (Lipinski definition) is 3. The molecular formula is C19H23N3O2. The van der Waals surface area contributed by atoms with Gasteiger partial charge in [-0.25, -0.2) is 4.98 Å². The molecule has 2 aliphatic rings. The SMILES string of the molecule is COc1cc(-c2nccn2CC2CC(=O)N(C3CC3)C2)ccc1C. The smallest absolute Gasteiger partial charge is 0.223 e. The molecule has 0 spiro atoms.